The van der Waals surface area contributed by atoms with Crippen molar-refractivity contribution in [1.29, 1.82) is 0 Å². The molecule has 5 N–H and O–H groups in total. The average Bonchev–Trinajstić information content (AvgIpc) is 2.36. The Balaban J connectivity index is 2.86. The van der Waals surface area contributed by atoms with E-state index in [1.54, 1.807) is 6.07 Å². The molecule has 7 heteroatoms. The number of nitrogens with two attached hydrogens (primary N) is 2. The lowest BCUT2D eigenvalue weighted by Crippen LogP contribution is -2.40. The monoisotopic (exact) mass is 285 g/mol. The van der Waals surface area contributed by atoms with Gasteiger partial charge in [-0.25, -0.2) is 13.6 Å². The molecule has 106 valence electrons. The lowest BCUT2D eigenvalue weighted by Gasteiger charge is -2.17. The van der Waals surface area contributed by atoms with Gasteiger partial charge in [0.25, 0.3) is 0 Å². The number of amides is 1. The SMILES string of the molecule is CC[C@H](C)[C@H](N)C(=O)Nc1cccc(S(N)(=O)=O)c1. The number of rotatable bonds is 5. The summed E-state index contributed by atoms with van der Waals surface area (Å²) in [5, 5.41) is 7.61. The first kappa shape index (κ1) is 15.6. The third kappa shape index (κ3) is 4.30. The number of hydrogen-bond acceptors (Lipinski definition) is 4. The predicted octanol–water partition coefficient (Wildman–Crippen LogP) is 0.646. The van der Waals surface area contributed by atoms with E-state index < -0.39 is 16.1 Å². The van der Waals surface area contributed by atoms with Crippen molar-refractivity contribution in [1.82, 2.24) is 0 Å². The minimum absolute atomic E-state index is 0.0430. The second-order valence-electron chi connectivity index (χ2n) is 4.47. The summed E-state index contributed by atoms with van der Waals surface area (Å²) in [4.78, 5) is 11.8. The molecule has 0 heterocycles. The van der Waals surface area contributed by atoms with Gasteiger partial charge in [0.05, 0.1) is 10.9 Å². The standard InChI is InChI=1S/C12H19N3O3S/c1-3-8(2)11(13)12(16)15-9-5-4-6-10(7-9)19(14,17)18/h4-8,11H,3,13H2,1-2H3,(H,15,16)(H2,14,17,18)/t8-,11-/m0/s1. The Morgan fingerprint density at radius 1 is 1.42 bits per heavy atom. The maximum Gasteiger partial charge on any atom is 0.241 e. The molecular formula is C12H19N3O3S. The highest BCUT2D eigenvalue weighted by atomic mass is 32.2. The molecule has 1 amide bonds. The van der Waals surface area contributed by atoms with Gasteiger partial charge < -0.3 is 11.1 Å². The van der Waals surface area contributed by atoms with E-state index in [2.05, 4.69) is 5.32 Å². The molecule has 0 bridgehead atoms. The van der Waals surface area contributed by atoms with Crippen molar-refractivity contribution in [2.75, 3.05) is 5.32 Å². The quantitative estimate of drug-likeness (QED) is 0.736. The summed E-state index contributed by atoms with van der Waals surface area (Å²) in [6.07, 6.45) is 0.784. The van der Waals surface area contributed by atoms with Crippen LogP contribution in [0.5, 0.6) is 0 Å². The number of sulfonamides is 1. The van der Waals surface area contributed by atoms with Crippen molar-refractivity contribution < 1.29 is 13.2 Å². The molecule has 1 aromatic rings. The van der Waals surface area contributed by atoms with Gasteiger partial charge >= 0.3 is 0 Å². The largest absolute Gasteiger partial charge is 0.325 e. The summed E-state index contributed by atoms with van der Waals surface area (Å²) in [6.45, 7) is 3.82. The molecular weight excluding hydrogens is 266 g/mol. The van der Waals surface area contributed by atoms with Crippen LogP contribution in [-0.2, 0) is 14.8 Å². The number of hydrogen-bond donors (Lipinski definition) is 3. The maximum absolute atomic E-state index is 11.9. The molecule has 0 fully saturated rings. The van der Waals surface area contributed by atoms with Gasteiger partial charge in [0.2, 0.25) is 15.9 Å². The molecule has 0 unspecified atom stereocenters. The van der Waals surface area contributed by atoms with Crippen molar-refractivity contribution in [3.63, 3.8) is 0 Å². The Kier molecular flexibility index (Phi) is 5.04. The van der Waals surface area contributed by atoms with Gasteiger partial charge in [-0.2, -0.15) is 0 Å². The zero-order valence-electron chi connectivity index (χ0n) is 11.0. The molecule has 0 saturated carbocycles. The Morgan fingerprint density at radius 3 is 2.58 bits per heavy atom. The van der Waals surface area contributed by atoms with Crippen molar-refractivity contribution in [2.24, 2.45) is 16.8 Å². The second kappa shape index (κ2) is 6.14. The smallest absolute Gasteiger partial charge is 0.241 e. The zero-order chi connectivity index (χ0) is 14.6. The van der Waals surface area contributed by atoms with Crippen LogP contribution in [-0.4, -0.2) is 20.4 Å². The van der Waals surface area contributed by atoms with Crippen molar-refractivity contribution in [3.05, 3.63) is 24.3 Å². The van der Waals surface area contributed by atoms with E-state index in [1.807, 2.05) is 13.8 Å². The fraction of sp³-hybridized carbons (Fsp3) is 0.417. The van der Waals surface area contributed by atoms with Crippen LogP contribution in [0.3, 0.4) is 0 Å². The minimum atomic E-state index is -3.78. The predicted molar refractivity (Wildman–Crippen MR) is 73.9 cm³/mol. The number of benzene rings is 1. The van der Waals surface area contributed by atoms with Crippen LogP contribution >= 0.6 is 0 Å². The Morgan fingerprint density at radius 2 is 2.05 bits per heavy atom. The van der Waals surface area contributed by atoms with Gasteiger partial charge in [0.15, 0.2) is 0 Å². The van der Waals surface area contributed by atoms with Crippen LogP contribution in [0.25, 0.3) is 0 Å². The Hall–Kier alpha value is -1.44. The fourth-order valence-corrected chi connectivity index (χ4v) is 2.05. The molecule has 0 aliphatic heterocycles. The van der Waals surface area contributed by atoms with Gasteiger partial charge in [0, 0.05) is 5.69 Å². The molecule has 2 atom stereocenters. The van der Waals surface area contributed by atoms with Crippen molar-refractivity contribution in [3.8, 4) is 0 Å². The second-order valence-corrected chi connectivity index (χ2v) is 6.03. The molecule has 1 aromatic carbocycles. The number of nitrogens with one attached hydrogen (secondary N) is 1. The van der Waals surface area contributed by atoms with E-state index in [4.69, 9.17) is 10.9 Å². The third-order valence-corrected chi connectivity index (χ3v) is 3.90. The van der Waals surface area contributed by atoms with Crippen LogP contribution in [0.1, 0.15) is 20.3 Å². The maximum atomic E-state index is 11.9. The molecule has 19 heavy (non-hydrogen) atoms. The van der Waals surface area contributed by atoms with E-state index in [-0.39, 0.29) is 16.7 Å². The van der Waals surface area contributed by atoms with Gasteiger partial charge in [-0.05, 0) is 24.1 Å². The summed E-state index contributed by atoms with van der Waals surface area (Å²) in [5.41, 5.74) is 6.14. The van der Waals surface area contributed by atoms with Crippen LogP contribution in [0.2, 0.25) is 0 Å². The molecule has 0 radical (unpaired) electrons. The first-order valence-electron chi connectivity index (χ1n) is 5.95. The summed E-state index contributed by atoms with van der Waals surface area (Å²) in [5.74, 6) is -0.303. The van der Waals surface area contributed by atoms with Crippen LogP contribution < -0.4 is 16.2 Å². The molecule has 6 nitrogen and oxygen atoms in total. The highest BCUT2D eigenvalue weighted by molar-refractivity contribution is 7.89. The van der Waals surface area contributed by atoms with Crippen molar-refractivity contribution in [2.45, 2.75) is 31.2 Å². The molecule has 0 aliphatic carbocycles. The van der Waals surface area contributed by atoms with E-state index >= 15 is 0 Å². The summed E-state index contributed by atoms with van der Waals surface area (Å²) >= 11 is 0. The number of primary sulfonamides is 1. The Bertz CT molecular complexity index is 557. The molecule has 0 aliphatic rings. The highest BCUT2D eigenvalue weighted by Gasteiger charge is 2.19. The van der Waals surface area contributed by atoms with E-state index in [0.717, 1.165) is 6.42 Å². The van der Waals surface area contributed by atoms with Gasteiger partial charge in [-0.3, -0.25) is 4.79 Å². The highest BCUT2D eigenvalue weighted by Crippen LogP contribution is 2.15. The molecule has 1 rings (SSSR count). The van der Waals surface area contributed by atoms with Gasteiger partial charge in [-0.1, -0.05) is 26.3 Å². The zero-order valence-corrected chi connectivity index (χ0v) is 11.8. The minimum Gasteiger partial charge on any atom is -0.325 e. The number of anilines is 1. The lowest BCUT2D eigenvalue weighted by molar-refractivity contribution is -0.118. The van der Waals surface area contributed by atoms with Crippen LogP contribution in [0, 0.1) is 5.92 Å². The number of carbonyl (C=O) groups excluding carboxylic acids is 1. The third-order valence-electron chi connectivity index (χ3n) is 2.99. The Labute approximate surface area is 113 Å². The summed E-state index contributed by atoms with van der Waals surface area (Å²) in [6, 6.07) is 5.11. The number of carbonyl (C=O) groups is 1. The van der Waals surface area contributed by atoms with E-state index in [9.17, 15) is 13.2 Å². The average molecular weight is 285 g/mol. The first-order valence-corrected chi connectivity index (χ1v) is 7.49. The normalized spacial score (nSPS) is 14.7. The van der Waals surface area contributed by atoms with Crippen molar-refractivity contribution >= 4 is 21.6 Å². The topological polar surface area (TPSA) is 115 Å². The molecule has 0 saturated heterocycles. The lowest BCUT2D eigenvalue weighted by atomic mass is 9.99. The summed E-state index contributed by atoms with van der Waals surface area (Å²) in [7, 11) is -3.78. The van der Waals surface area contributed by atoms with Gasteiger partial charge in [-0.15, -0.1) is 0 Å². The summed E-state index contributed by atoms with van der Waals surface area (Å²) < 4.78 is 22.4. The van der Waals surface area contributed by atoms with Gasteiger partial charge in [0.1, 0.15) is 0 Å². The molecule has 0 spiro atoms. The first-order chi connectivity index (χ1) is 8.75. The van der Waals surface area contributed by atoms with Crippen LogP contribution in [0.15, 0.2) is 29.2 Å². The molecule has 0 aromatic heterocycles. The fourth-order valence-electron chi connectivity index (χ4n) is 1.49. The van der Waals surface area contributed by atoms with E-state index in [0.29, 0.717) is 5.69 Å². The van der Waals surface area contributed by atoms with Crippen LogP contribution in [0.4, 0.5) is 5.69 Å². The van der Waals surface area contributed by atoms with E-state index in [1.165, 1.54) is 18.2 Å².